The van der Waals surface area contributed by atoms with Gasteiger partial charge in [0.25, 0.3) is 0 Å². The molecule has 0 aliphatic carbocycles. The molecule has 0 bridgehead atoms. The van der Waals surface area contributed by atoms with Crippen LogP contribution in [0.25, 0.3) is 0 Å². The maximum Gasteiger partial charge on any atom is 0.134 e. The first-order valence-electron chi connectivity index (χ1n) is 6.64. The summed E-state index contributed by atoms with van der Waals surface area (Å²) in [6, 6.07) is 7.40. The van der Waals surface area contributed by atoms with Crippen LogP contribution in [0.5, 0.6) is 11.5 Å². The average Bonchev–Trinajstić information content (AvgIpc) is 2.52. The number of nitrogens with one attached hydrogen (secondary N) is 1. The number of anilines is 1. The van der Waals surface area contributed by atoms with E-state index in [1.165, 1.54) is 0 Å². The highest BCUT2D eigenvalue weighted by atomic mass is 35.5. The first kappa shape index (κ1) is 15.4. The Balaban J connectivity index is 2.14. The van der Waals surface area contributed by atoms with Gasteiger partial charge in [0.2, 0.25) is 0 Å². The standard InChI is InChI=1S/C15H18ClN3O2/c1-4-14-18-13(16)8-15(19-14)17-9-10-5-6-11(20-2)7-12(10)21-3/h5-8H,4,9H2,1-3H3,(H,17,18,19). The maximum atomic E-state index is 5.98. The topological polar surface area (TPSA) is 56.3 Å². The second-order valence-electron chi connectivity index (χ2n) is 4.38. The zero-order chi connectivity index (χ0) is 15.2. The number of hydrogen-bond donors (Lipinski definition) is 1. The van der Waals surface area contributed by atoms with Gasteiger partial charge in [-0.1, -0.05) is 18.5 Å². The Morgan fingerprint density at radius 2 is 1.95 bits per heavy atom. The summed E-state index contributed by atoms with van der Waals surface area (Å²) < 4.78 is 10.5. The van der Waals surface area contributed by atoms with Gasteiger partial charge in [-0.25, -0.2) is 9.97 Å². The summed E-state index contributed by atoms with van der Waals surface area (Å²) in [6.45, 7) is 2.56. The van der Waals surface area contributed by atoms with Gasteiger partial charge in [-0.15, -0.1) is 0 Å². The van der Waals surface area contributed by atoms with Crippen LogP contribution in [0.15, 0.2) is 24.3 Å². The van der Waals surface area contributed by atoms with Gasteiger partial charge in [0.1, 0.15) is 28.3 Å². The summed E-state index contributed by atoms with van der Waals surface area (Å²) in [5.74, 6) is 2.93. The lowest BCUT2D eigenvalue weighted by molar-refractivity contribution is 0.391. The summed E-state index contributed by atoms with van der Waals surface area (Å²) in [4.78, 5) is 8.52. The summed E-state index contributed by atoms with van der Waals surface area (Å²) in [6.07, 6.45) is 0.737. The van der Waals surface area contributed by atoms with Crippen molar-refractivity contribution in [1.82, 2.24) is 9.97 Å². The van der Waals surface area contributed by atoms with Crippen LogP contribution in [-0.4, -0.2) is 24.2 Å². The number of halogens is 1. The third-order valence-electron chi connectivity index (χ3n) is 3.01. The van der Waals surface area contributed by atoms with Gasteiger partial charge < -0.3 is 14.8 Å². The van der Waals surface area contributed by atoms with Crippen LogP contribution in [0.3, 0.4) is 0 Å². The summed E-state index contributed by atoms with van der Waals surface area (Å²) in [5, 5.41) is 3.67. The van der Waals surface area contributed by atoms with E-state index in [2.05, 4.69) is 15.3 Å². The Labute approximate surface area is 129 Å². The predicted molar refractivity (Wildman–Crippen MR) is 83.3 cm³/mol. The molecule has 112 valence electrons. The smallest absolute Gasteiger partial charge is 0.134 e. The van der Waals surface area contributed by atoms with Gasteiger partial charge in [0, 0.05) is 30.7 Å². The minimum atomic E-state index is 0.436. The van der Waals surface area contributed by atoms with Gasteiger partial charge in [-0.3, -0.25) is 0 Å². The number of nitrogens with zero attached hydrogens (tertiary/aromatic N) is 2. The summed E-state index contributed by atoms with van der Waals surface area (Å²) >= 11 is 5.98. The Morgan fingerprint density at radius 1 is 1.14 bits per heavy atom. The van der Waals surface area contributed by atoms with Crippen LogP contribution in [0, 0.1) is 0 Å². The Morgan fingerprint density at radius 3 is 2.62 bits per heavy atom. The van der Waals surface area contributed by atoms with Crippen LogP contribution < -0.4 is 14.8 Å². The number of aryl methyl sites for hydroxylation is 1. The lowest BCUT2D eigenvalue weighted by Crippen LogP contribution is -2.05. The second kappa shape index (κ2) is 7.13. The van der Waals surface area contributed by atoms with E-state index < -0.39 is 0 Å². The second-order valence-corrected chi connectivity index (χ2v) is 4.76. The van der Waals surface area contributed by atoms with Gasteiger partial charge in [0.05, 0.1) is 14.2 Å². The van der Waals surface area contributed by atoms with E-state index >= 15 is 0 Å². The van der Waals surface area contributed by atoms with Crippen molar-refractivity contribution in [2.45, 2.75) is 19.9 Å². The van der Waals surface area contributed by atoms with Crippen LogP contribution in [0.2, 0.25) is 5.15 Å². The summed E-state index contributed by atoms with van der Waals surface area (Å²) in [5.41, 5.74) is 1.01. The molecule has 0 fully saturated rings. The average molecular weight is 308 g/mol. The molecular formula is C15H18ClN3O2. The van der Waals surface area contributed by atoms with Crippen molar-refractivity contribution in [3.05, 3.63) is 40.8 Å². The molecule has 1 N–H and O–H groups in total. The van der Waals surface area contributed by atoms with Crippen molar-refractivity contribution in [2.75, 3.05) is 19.5 Å². The lowest BCUT2D eigenvalue weighted by atomic mass is 10.2. The van der Waals surface area contributed by atoms with Crippen molar-refractivity contribution in [3.63, 3.8) is 0 Å². The molecular weight excluding hydrogens is 290 g/mol. The lowest BCUT2D eigenvalue weighted by Gasteiger charge is -2.12. The number of hydrogen-bond acceptors (Lipinski definition) is 5. The molecule has 0 saturated heterocycles. The molecule has 1 heterocycles. The molecule has 21 heavy (non-hydrogen) atoms. The molecule has 0 radical (unpaired) electrons. The predicted octanol–water partition coefficient (Wildman–Crippen LogP) is 3.32. The van der Waals surface area contributed by atoms with E-state index in [1.54, 1.807) is 20.3 Å². The molecule has 2 aromatic rings. The molecule has 5 nitrogen and oxygen atoms in total. The molecule has 0 aliphatic heterocycles. The van der Waals surface area contributed by atoms with E-state index in [4.69, 9.17) is 21.1 Å². The van der Waals surface area contributed by atoms with Crippen molar-refractivity contribution in [1.29, 1.82) is 0 Å². The first-order chi connectivity index (χ1) is 10.2. The third kappa shape index (κ3) is 3.98. The van der Waals surface area contributed by atoms with Gasteiger partial charge in [-0.05, 0) is 12.1 Å². The first-order valence-corrected chi connectivity index (χ1v) is 7.02. The summed E-state index contributed by atoms with van der Waals surface area (Å²) in [7, 11) is 3.26. The maximum absolute atomic E-state index is 5.98. The third-order valence-corrected chi connectivity index (χ3v) is 3.21. The van der Waals surface area contributed by atoms with E-state index in [1.807, 2.05) is 25.1 Å². The van der Waals surface area contributed by atoms with Crippen LogP contribution in [0.1, 0.15) is 18.3 Å². The molecule has 0 amide bonds. The number of benzene rings is 1. The molecule has 0 unspecified atom stereocenters. The fraction of sp³-hybridized carbons (Fsp3) is 0.333. The van der Waals surface area contributed by atoms with Gasteiger partial charge in [-0.2, -0.15) is 0 Å². The normalized spacial score (nSPS) is 10.3. The van der Waals surface area contributed by atoms with Crippen molar-refractivity contribution >= 4 is 17.4 Å². The number of aromatic nitrogens is 2. The molecule has 1 aromatic carbocycles. The Bertz CT molecular complexity index is 620. The van der Waals surface area contributed by atoms with E-state index in [0.717, 1.165) is 23.5 Å². The fourth-order valence-corrected chi connectivity index (χ4v) is 2.10. The van der Waals surface area contributed by atoms with Crippen molar-refractivity contribution in [2.24, 2.45) is 0 Å². The zero-order valence-corrected chi connectivity index (χ0v) is 13.1. The molecule has 1 aromatic heterocycles. The van der Waals surface area contributed by atoms with Crippen LogP contribution in [-0.2, 0) is 13.0 Å². The Hall–Kier alpha value is -2.01. The Kier molecular flexibility index (Phi) is 5.22. The quantitative estimate of drug-likeness (QED) is 0.830. The highest BCUT2D eigenvalue weighted by molar-refractivity contribution is 6.29. The zero-order valence-electron chi connectivity index (χ0n) is 12.3. The molecule has 0 atom stereocenters. The molecule has 0 spiro atoms. The van der Waals surface area contributed by atoms with Gasteiger partial charge in [0.15, 0.2) is 0 Å². The van der Waals surface area contributed by atoms with Crippen molar-refractivity contribution in [3.8, 4) is 11.5 Å². The SMILES string of the molecule is CCc1nc(Cl)cc(NCc2ccc(OC)cc2OC)n1. The van der Waals surface area contributed by atoms with E-state index in [0.29, 0.717) is 23.3 Å². The fourth-order valence-electron chi connectivity index (χ4n) is 1.90. The van der Waals surface area contributed by atoms with E-state index in [-0.39, 0.29) is 0 Å². The molecule has 2 rings (SSSR count). The monoisotopic (exact) mass is 307 g/mol. The highest BCUT2D eigenvalue weighted by Gasteiger charge is 2.06. The minimum Gasteiger partial charge on any atom is -0.497 e. The molecule has 6 heteroatoms. The number of rotatable bonds is 6. The van der Waals surface area contributed by atoms with Crippen LogP contribution >= 0.6 is 11.6 Å². The van der Waals surface area contributed by atoms with Crippen molar-refractivity contribution < 1.29 is 9.47 Å². The molecule has 0 saturated carbocycles. The molecule has 0 aliphatic rings. The highest BCUT2D eigenvalue weighted by Crippen LogP contribution is 2.25. The largest absolute Gasteiger partial charge is 0.497 e. The minimum absolute atomic E-state index is 0.436. The van der Waals surface area contributed by atoms with Crippen LogP contribution in [0.4, 0.5) is 5.82 Å². The number of ether oxygens (including phenoxy) is 2. The number of methoxy groups -OCH3 is 2. The van der Waals surface area contributed by atoms with E-state index in [9.17, 15) is 0 Å². The van der Waals surface area contributed by atoms with Gasteiger partial charge >= 0.3 is 0 Å².